The van der Waals surface area contributed by atoms with Crippen LogP contribution in [0.5, 0.6) is 0 Å². The summed E-state index contributed by atoms with van der Waals surface area (Å²) in [5.74, 6) is -0.276. The number of hydrogen-bond donors (Lipinski definition) is 0. The zero-order valence-corrected chi connectivity index (χ0v) is 18.7. The number of benzene rings is 1. The summed E-state index contributed by atoms with van der Waals surface area (Å²) in [5, 5.41) is 0. The summed E-state index contributed by atoms with van der Waals surface area (Å²) in [6, 6.07) is 5.53. The third-order valence-corrected chi connectivity index (χ3v) is 6.96. The molecule has 1 aliphatic heterocycles. The number of hydrogen-bond acceptors (Lipinski definition) is 5. The molecule has 2 fully saturated rings. The summed E-state index contributed by atoms with van der Waals surface area (Å²) in [6.45, 7) is 12.3. The standard InChI is InChI=1S/C26H30O5/c1-14(2)12-21(27)30-20-11-6-15(3)19(26(20,4)5)10-8-16-7-9-17-18(13-16)23(29)25-24(31-25)22(17)28/h7,9,12-13,19-20,24-25H,3,6,8,10-11H2,1-2,4-5H3/t19-,20-,24-,25+/m0/s1. The summed E-state index contributed by atoms with van der Waals surface area (Å²) >= 11 is 0. The number of Topliss-reactive ketones (excluding diaryl/α,β-unsaturated/α-hetero) is 2. The molecule has 5 heteroatoms. The van der Waals surface area contributed by atoms with Crippen LogP contribution in [-0.2, 0) is 20.7 Å². The third-order valence-electron chi connectivity index (χ3n) is 6.96. The minimum Gasteiger partial charge on any atom is -0.459 e. The first-order chi connectivity index (χ1) is 14.6. The number of carbonyl (C=O) groups excluding carboxylic acids is 3. The average Bonchev–Trinajstić information content (AvgIpc) is 3.49. The number of ketones is 2. The second kappa shape index (κ2) is 7.86. The molecule has 0 unspecified atom stereocenters. The molecular weight excluding hydrogens is 392 g/mol. The quantitative estimate of drug-likeness (QED) is 0.299. The Balaban J connectivity index is 1.48. The molecule has 1 saturated heterocycles. The van der Waals surface area contributed by atoms with E-state index in [0.29, 0.717) is 11.1 Å². The van der Waals surface area contributed by atoms with Crippen molar-refractivity contribution in [3.8, 4) is 0 Å². The first kappa shape index (κ1) is 21.7. The SMILES string of the molecule is C=C1CC[C@H](OC(=O)C=C(C)C)C(C)(C)[C@H]1CCc1ccc2c(c1)C(=O)[C@H]1O[C@H]1C2=O. The van der Waals surface area contributed by atoms with Gasteiger partial charge in [0.15, 0.2) is 23.8 Å². The molecule has 0 aromatic heterocycles. The molecule has 3 aliphatic rings. The van der Waals surface area contributed by atoms with Crippen LogP contribution in [0.1, 0.15) is 73.2 Å². The molecule has 0 N–H and O–H groups in total. The van der Waals surface area contributed by atoms with E-state index in [9.17, 15) is 14.4 Å². The largest absolute Gasteiger partial charge is 0.459 e. The van der Waals surface area contributed by atoms with Gasteiger partial charge in [-0.25, -0.2) is 4.79 Å². The van der Waals surface area contributed by atoms with E-state index >= 15 is 0 Å². The van der Waals surface area contributed by atoms with E-state index in [0.717, 1.165) is 36.8 Å². The van der Waals surface area contributed by atoms with E-state index in [-0.39, 0.29) is 35.0 Å². The van der Waals surface area contributed by atoms with Crippen molar-refractivity contribution in [2.75, 3.05) is 0 Å². The molecule has 4 rings (SSSR count). The number of ether oxygens (including phenoxy) is 2. The van der Waals surface area contributed by atoms with Gasteiger partial charge in [-0.1, -0.05) is 43.7 Å². The predicted octanol–water partition coefficient (Wildman–Crippen LogP) is 4.64. The van der Waals surface area contributed by atoms with Crippen molar-refractivity contribution in [3.63, 3.8) is 0 Å². The van der Waals surface area contributed by atoms with Gasteiger partial charge in [-0.15, -0.1) is 0 Å². The summed E-state index contributed by atoms with van der Waals surface area (Å²) < 4.78 is 11.0. The Morgan fingerprint density at radius 2 is 1.87 bits per heavy atom. The lowest BCUT2D eigenvalue weighted by atomic mass is 9.63. The van der Waals surface area contributed by atoms with Gasteiger partial charge in [0.2, 0.25) is 0 Å². The molecule has 1 aromatic rings. The minimum atomic E-state index is -0.580. The van der Waals surface area contributed by atoms with Crippen molar-refractivity contribution < 1.29 is 23.9 Å². The van der Waals surface area contributed by atoms with Crippen molar-refractivity contribution in [1.82, 2.24) is 0 Å². The van der Waals surface area contributed by atoms with E-state index in [2.05, 4.69) is 20.4 Å². The maximum atomic E-state index is 12.5. The molecular formula is C26H30O5. The van der Waals surface area contributed by atoms with Crippen LogP contribution >= 0.6 is 0 Å². The molecule has 0 bridgehead atoms. The van der Waals surface area contributed by atoms with Crippen LogP contribution in [0, 0.1) is 11.3 Å². The van der Waals surface area contributed by atoms with Crippen LogP contribution in [-0.4, -0.2) is 35.8 Å². The van der Waals surface area contributed by atoms with E-state index in [1.54, 1.807) is 6.07 Å². The molecule has 1 saturated carbocycles. The fourth-order valence-corrected chi connectivity index (χ4v) is 5.10. The minimum absolute atomic E-state index is 0.0879. The Morgan fingerprint density at radius 1 is 1.19 bits per heavy atom. The van der Waals surface area contributed by atoms with E-state index < -0.39 is 12.2 Å². The fraction of sp³-hybridized carbons (Fsp3) is 0.500. The second-order valence-electron chi connectivity index (χ2n) is 9.84. The van der Waals surface area contributed by atoms with Gasteiger partial charge in [-0.05, 0) is 57.1 Å². The molecule has 4 atom stereocenters. The predicted molar refractivity (Wildman–Crippen MR) is 117 cm³/mol. The average molecular weight is 423 g/mol. The maximum absolute atomic E-state index is 12.5. The Morgan fingerprint density at radius 3 is 2.55 bits per heavy atom. The number of esters is 1. The molecule has 2 aliphatic carbocycles. The van der Waals surface area contributed by atoms with E-state index in [1.807, 2.05) is 26.0 Å². The Labute approximate surface area is 183 Å². The Hall–Kier alpha value is -2.53. The smallest absolute Gasteiger partial charge is 0.330 e. The monoisotopic (exact) mass is 422 g/mol. The second-order valence-corrected chi connectivity index (χ2v) is 9.84. The maximum Gasteiger partial charge on any atom is 0.330 e. The summed E-state index contributed by atoms with van der Waals surface area (Å²) in [7, 11) is 0. The highest BCUT2D eigenvalue weighted by Gasteiger charge is 2.55. The molecule has 31 heavy (non-hydrogen) atoms. The highest BCUT2D eigenvalue weighted by molar-refractivity contribution is 6.20. The highest BCUT2D eigenvalue weighted by atomic mass is 16.6. The molecule has 1 aromatic carbocycles. The molecule has 1 heterocycles. The van der Waals surface area contributed by atoms with Crippen LogP contribution in [0.3, 0.4) is 0 Å². The van der Waals surface area contributed by atoms with Gasteiger partial charge in [0.25, 0.3) is 0 Å². The van der Waals surface area contributed by atoms with Crippen LogP contribution in [0.2, 0.25) is 0 Å². The third kappa shape index (κ3) is 4.03. The van der Waals surface area contributed by atoms with Crippen LogP contribution in [0.25, 0.3) is 0 Å². The number of aryl methyl sites for hydroxylation is 1. The summed E-state index contributed by atoms with van der Waals surface area (Å²) in [6.07, 6.45) is 3.43. The zero-order valence-electron chi connectivity index (χ0n) is 18.7. The van der Waals surface area contributed by atoms with Gasteiger partial charge < -0.3 is 9.47 Å². The fourth-order valence-electron chi connectivity index (χ4n) is 5.10. The molecule has 0 amide bonds. The zero-order chi connectivity index (χ0) is 22.5. The molecule has 164 valence electrons. The lowest BCUT2D eigenvalue weighted by Gasteiger charge is -2.45. The molecule has 5 nitrogen and oxygen atoms in total. The first-order valence-electron chi connectivity index (χ1n) is 11.0. The van der Waals surface area contributed by atoms with E-state index in [1.165, 1.54) is 11.6 Å². The molecule has 0 radical (unpaired) electrons. The lowest BCUT2D eigenvalue weighted by molar-refractivity contribution is -0.153. The number of carbonyl (C=O) groups is 3. The van der Waals surface area contributed by atoms with Gasteiger partial charge in [0.05, 0.1) is 0 Å². The van der Waals surface area contributed by atoms with Crippen LogP contribution in [0.15, 0.2) is 42.0 Å². The first-order valence-corrected chi connectivity index (χ1v) is 11.0. The Kier molecular flexibility index (Phi) is 5.50. The number of rotatable bonds is 5. The molecule has 0 spiro atoms. The number of fused-ring (bicyclic) bond motifs is 2. The van der Waals surface area contributed by atoms with Crippen LogP contribution in [0.4, 0.5) is 0 Å². The van der Waals surface area contributed by atoms with Gasteiger partial charge >= 0.3 is 5.97 Å². The van der Waals surface area contributed by atoms with Gasteiger partial charge in [0.1, 0.15) is 6.10 Å². The van der Waals surface area contributed by atoms with Gasteiger partial charge in [-0.3, -0.25) is 9.59 Å². The number of epoxide rings is 1. The number of allylic oxidation sites excluding steroid dienone is 2. The van der Waals surface area contributed by atoms with Gasteiger partial charge in [0, 0.05) is 22.6 Å². The van der Waals surface area contributed by atoms with Crippen molar-refractivity contribution in [1.29, 1.82) is 0 Å². The highest BCUT2D eigenvalue weighted by Crippen LogP contribution is 2.47. The van der Waals surface area contributed by atoms with E-state index in [4.69, 9.17) is 9.47 Å². The van der Waals surface area contributed by atoms with Gasteiger partial charge in [-0.2, -0.15) is 0 Å². The topological polar surface area (TPSA) is 73.0 Å². The summed E-state index contributed by atoms with van der Waals surface area (Å²) in [5.41, 5.74) is 3.83. The van der Waals surface area contributed by atoms with Crippen molar-refractivity contribution in [3.05, 3.63) is 58.7 Å². The Bertz CT molecular complexity index is 995. The van der Waals surface area contributed by atoms with Crippen molar-refractivity contribution in [2.24, 2.45) is 11.3 Å². The van der Waals surface area contributed by atoms with Crippen molar-refractivity contribution >= 4 is 17.5 Å². The van der Waals surface area contributed by atoms with Crippen LogP contribution < -0.4 is 0 Å². The lowest BCUT2D eigenvalue weighted by Crippen LogP contribution is -2.44. The summed E-state index contributed by atoms with van der Waals surface area (Å²) in [4.78, 5) is 37.0. The van der Waals surface area contributed by atoms with Crippen molar-refractivity contribution in [2.45, 2.75) is 71.7 Å². The normalized spacial score (nSPS) is 28.5.